The summed E-state index contributed by atoms with van der Waals surface area (Å²) in [6, 6.07) is 0. The van der Waals surface area contributed by atoms with Crippen molar-refractivity contribution in [2.24, 2.45) is 11.8 Å². The van der Waals surface area contributed by atoms with Gasteiger partial charge in [-0.25, -0.2) is 0 Å². The van der Waals surface area contributed by atoms with E-state index in [1.54, 1.807) is 11.8 Å². The number of rotatable bonds is 8. The number of ether oxygens (including phenoxy) is 2. The van der Waals surface area contributed by atoms with Crippen LogP contribution in [0.5, 0.6) is 0 Å². The molecule has 20 heavy (non-hydrogen) atoms. The van der Waals surface area contributed by atoms with Gasteiger partial charge < -0.3 is 14.6 Å². The van der Waals surface area contributed by atoms with E-state index < -0.39 is 23.8 Å². The highest BCUT2D eigenvalue weighted by Crippen LogP contribution is 2.44. The second-order valence-electron chi connectivity index (χ2n) is 5.31. The average Bonchev–Trinajstić information content (AvgIpc) is 3.02. The van der Waals surface area contributed by atoms with E-state index in [9.17, 15) is 14.7 Å². The summed E-state index contributed by atoms with van der Waals surface area (Å²) in [5, 5.41) is 9.23. The fourth-order valence-corrected chi connectivity index (χ4v) is 3.84. The largest absolute Gasteiger partial charge is 0.481 e. The van der Waals surface area contributed by atoms with Gasteiger partial charge in [0.15, 0.2) is 0 Å². The zero-order valence-corrected chi connectivity index (χ0v) is 12.6. The van der Waals surface area contributed by atoms with Crippen molar-refractivity contribution >= 4 is 23.7 Å². The fourth-order valence-electron chi connectivity index (χ4n) is 2.94. The maximum atomic E-state index is 12.1. The molecule has 6 heteroatoms. The van der Waals surface area contributed by atoms with Crippen LogP contribution in [-0.2, 0) is 19.1 Å². The SMILES string of the molecule is CCCCSCCOC(=O)C1C2CCC(O2)C1C(=O)O. The summed E-state index contributed by atoms with van der Waals surface area (Å²) in [5.41, 5.74) is 0. The van der Waals surface area contributed by atoms with E-state index in [1.807, 2.05) is 0 Å². The Morgan fingerprint density at radius 2 is 1.95 bits per heavy atom. The van der Waals surface area contributed by atoms with Gasteiger partial charge in [-0.2, -0.15) is 11.8 Å². The van der Waals surface area contributed by atoms with Crippen molar-refractivity contribution in [1.29, 1.82) is 0 Å². The van der Waals surface area contributed by atoms with Crippen LogP contribution in [0, 0.1) is 11.8 Å². The lowest BCUT2D eigenvalue weighted by atomic mass is 9.79. The molecule has 2 fully saturated rings. The number of carbonyl (C=O) groups is 2. The third-order valence-corrected chi connectivity index (χ3v) is 4.98. The summed E-state index contributed by atoms with van der Waals surface area (Å²) in [5.74, 6) is -0.855. The lowest BCUT2D eigenvalue weighted by Crippen LogP contribution is -2.39. The number of unbranched alkanes of at least 4 members (excludes halogenated alkanes) is 1. The molecule has 0 radical (unpaired) electrons. The predicted molar refractivity (Wildman–Crippen MR) is 75.7 cm³/mol. The van der Waals surface area contributed by atoms with Crippen molar-refractivity contribution in [2.75, 3.05) is 18.1 Å². The van der Waals surface area contributed by atoms with Crippen molar-refractivity contribution in [1.82, 2.24) is 0 Å². The van der Waals surface area contributed by atoms with Crippen LogP contribution < -0.4 is 0 Å². The van der Waals surface area contributed by atoms with Crippen molar-refractivity contribution in [3.05, 3.63) is 0 Å². The van der Waals surface area contributed by atoms with Crippen molar-refractivity contribution < 1.29 is 24.2 Å². The van der Waals surface area contributed by atoms with E-state index in [0.29, 0.717) is 6.61 Å². The van der Waals surface area contributed by atoms with E-state index >= 15 is 0 Å². The van der Waals surface area contributed by atoms with Gasteiger partial charge in [0.1, 0.15) is 6.61 Å². The van der Waals surface area contributed by atoms with Gasteiger partial charge in [-0.3, -0.25) is 9.59 Å². The number of fused-ring (bicyclic) bond motifs is 2. The van der Waals surface area contributed by atoms with Crippen LogP contribution in [0.3, 0.4) is 0 Å². The summed E-state index contributed by atoms with van der Waals surface area (Å²) < 4.78 is 10.8. The Labute approximate surface area is 123 Å². The Morgan fingerprint density at radius 1 is 1.25 bits per heavy atom. The molecular weight excluding hydrogens is 280 g/mol. The summed E-state index contributed by atoms with van der Waals surface area (Å²) in [6.45, 7) is 2.50. The molecule has 4 atom stereocenters. The van der Waals surface area contributed by atoms with Gasteiger partial charge in [0.25, 0.3) is 0 Å². The highest BCUT2D eigenvalue weighted by molar-refractivity contribution is 7.99. The Balaban J connectivity index is 1.75. The molecule has 4 unspecified atom stereocenters. The van der Waals surface area contributed by atoms with Crippen molar-refractivity contribution in [3.8, 4) is 0 Å². The van der Waals surface area contributed by atoms with Crippen LogP contribution in [0.1, 0.15) is 32.6 Å². The second kappa shape index (κ2) is 7.31. The van der Waals surface area contributed by atoms with Crippen LogP contribution in [-0.4, -0.2) is 47.4 Å². The molecule has 0 saturated carbocycles. The normalized spacial score (nSPS) is 31.4. The van der Waals surface area contributed by atoms with Crippen molar-refractivity contribution in [3.63, 3.8) is 0 Å². The fraction of sp³-hybridized carbons (Fsp3) is 0.857. The zero-order chi connectivity index (χ0) is 14.5. The molecule has 2 heterocycles. The quantitative estimate of drug-likeness (QED) is 0.546. The Morgan fingerprint density at radius 3 is 2.60 bits per heavy atom. The summed E-state index contributed by atoms with van der Waals surface area (Å²) in [6.07, 6.45) is 3.25. The molecule has 2 saturated heterocycles. The molecule has 114 valence electrons. The minimum absolute atomic E-state index is 0.263. The number of carbonyl (C=O) groups excluding carboxylic acids is 1. The van der Waals surface area contributed by atoms with Gasteiger partial charge in [0.2, 0.25) is 0 Å². The second-order valence-corrected chi connectivity index (χ2v) is 6.54. The maximum Gasteiger partial charge on any atom is 0.312 e. The first-order chi connectivity index (χ1) is 9.65. The molecule has 2 aliphatic rings. The number of esters is 1. The molecule has 0 aromatic rings. The van der Waals surface area contributed by atoms with Crippen LogP contribution in [0.15, 0.2) is 0 Å². The predicted octanol–water partition coefficient (Wildman–Crippen LogP) is 1.94. The van der Waals surface area contributed by atoms with E-state index in [1.165, 1.54) is 6.42 Å². The summed E-state index contributed by atoms with van der Waals surface area (Å²) in [4.78, 5) is 23.3. The van der Waals surface area contributed by atoms with Crippen molar-refractivity contribution in [2.45, 2.75) is 44.8 Å². The molecular formula is C14H22O5S. The third-order valence-electron chi connectivity index (χ3n) is 3.94. The van der Waals surface area contributed by atoms with E-state index in [0.717, 1.165) is 30.8 Å². The number of hydrogen-bond donors (Lipinski definition) is 1. The smallest absolute Gasteiger partial charge is 0.312 e. The Kier molecular flexibility index (Phi) is 5.72. The molecule has 0 aromatic carbocycles. The first-order valence-corrected chi connectivity index (χ1v) is 8.43. The maximum absolute atomic E-state index is 12.1. The molecule has 2 aliphatic heterocycles. The lowest BCUT2D eigenvalue weighted by Gasteiger charge is -2.23. The molecule has 5 nitrogen and oxygen atoms in total. The average molecular weight is 302 g/mol. The topological polar surface area (TPSA) is 72.8 Å². The van der Waals surface area contributed by atoms with Crippen LogP contribution in [0.2, 0.25) is 0 Å². The molecule has 0 amide bonds. The number of carboxylic acid groups (broad SMARTS) is 1. The van der Waals surface area contributed by atoms with E-state index in [-0.39, 0.29) is 12.2 Å². The molecule has 2 bridgehead atoms. The molecule has 2 rings (SSSR count). The number of carboxylic acids is 1. The van der Waals surface area contributed by atoms with Gasteiger partial charge in [-0.05, 0) is 25.0 Å². The third kappa shape index (κ3) is 3.47. The van der Waals surface area contributed by atoms with Gasteiger partial charge >= 0.3 is 11.9 Å². The first-order valence-electron chi connectivity index (χ1n) is 7.27. The first kappa shape index (κ1) is 15.6. The van der Waals surface area contributed by atoms with Gasteiger partial charge in [-0.15, -0.1) is 0 Å². The molecule has 1 N–H and O–H groups in total. The van der Waals surface area contributed by atoms with Gasteiger partial charge in [-0.1, -0.05) is 13.3 Å². The zero-order valence-electron chi connectivity index (χ0n) is 11.7. The van der Waals surface area contributed by atoms with Crippen LogP contribution in [0.4, 0.5) is 0 Å². The summed E-state index contributed by atoms with van der Waals surface area (Å²) in [7, 11) is 0. The molecule has 0 aromatic heterocycles. The Hall–Kier alpha value is -0.750. The van der Waals surface area contributed by atoms with E-state index in [2.05, 4.69) is 6.92 Å². The minimum atomic E-state index is -0.948. The van der Waals surface area contributed by atoms with Gasteiger partial charge in [0.05, 0.1) is 24.0 Å². The lowest BCUT2D eigenvalue weighted by molar-refractivity contribution is -0.157. The molecule has 0 spiro atoms. The summed E-state index contributed by atoms with van der Waals surface area (Å²) >= 11 is 1.76. The highest BCUT2D eigenvalue weighted by atomic mass is 32.2. The minimum Gasteiger partial charge on any atom is -0.481 e. The molecule has 0 aliphatic carbocycles. The number of hydrogen-bond acceptors (Lipinski definition) is 5. The number of thioether (sulfide) groups is 1. The standard InChI is InChI=1S/C14H22O5S/c1-2-3-7-20-8-6-18-14(17)12-10-5-4-9(19-10)11(12)13(15)16/h9-12H,2-8H2,1H3,(H,15,16). The highest BCUT2D eigenvalue weighted by Gasteiger charge is 2.56. The van der Waals surface area contributed by atoms with Gasteiger partial charge in [0, 0.05) is 5.75 Å². The van der Waals surface area contributed by atoms with Crippen LogP contribution in [0.25, 0.3) is 0 Å². The van der Waals surface area contributed by atoms with E-state index in [4.69, 9.17) is 9.47 Å². The Bertz CT molecular complexity index is 359. The number of aliphatic carboxylic acids is 1. The van der Waals surface area contributed by atoms with Crippen LogP contribution >= 0.6 is 11.8 Å². The monoisotopic (exact) mass is 302 g/mol.